The summed E-state index contributed by atoms with van der Waals surface area (Å²) in [4.78, 5) is 19.0. The Bertz CT molecular complexity index is 469. The van der Waals surface area contributed by atoms with Crippen LogP contribution in [-0.4, -0.2) is 46.4 Å². The van der Waals surface area contributed by atoms with Gasteiger partial charge >= 0.3 is 0 Å². The summed E-state index contributed by atoms with van der Waals surface area (Å²) in [5.41, 5.74) is 12.8. The number of ether oxygens (including phenoxy) is 1. The summed E-state index contributed by atoms with van der Waals surface area (Å²) in [7, 11) is 0. The first-order valence-corrected chi connectivity index (χ1v) is 5.78. The van der Waals surface area contributed by atoms with Crippen molar-refractivity contribution in [3.8, 4) is 0 Å². The molecule has 104 valence electrons. The van der Waals surface area contributed by atoms with Crippen molar-refractivity contribution in [2.75, 3.05) is 24.0 Å². The van der Waals surface area contributed by atoms with Crippen LogP contribution < -0.4 is 22.3 Å². The van der Waals surface area contributed by atoms with Gasteiger partial charge in [0, 0.05) is 24.9 Å². The first-order chi connectivity index (χ1) is 9.11. The van der Waals surface area contributed by atoms with Crippen molar-refractivity contribution in [3.63, 3.8) is 0 Å². The van der Waals surface area contributed by atoms with Crippen molar-refractivity contribution in [3.05, 3.63) is 11.8 Å². The molecule has 2 heterocycles. The molecule has 19 heavy (non-hydrogen) atoms. The summed E-state index contributed by atoms with van der Waals surface area (Å²) < 4.78 is 5.23. The van der Waals surface area contributed by atoms with Crippen LogP contribution in [0.25, 0.3) is 0 Å². The molecule has 9 nitrogen and oxygen atoms in total. The molecule has 7 N–H and O–H groups in total. The van der Waals surface area contributed by atoms with Crippen molar-refractivity contribution >= 4 is 17.7 Å². The fourth-order valence-corrected chi connectivity index (χ4v) is 1.82. The SMILES string of the molecule is NC(=O)c1cnc(NC2CCOCC2N)nc1NO. The predicted octanol–water partition coefficient (Wildman–Crippen LogP) is -1.10. The fraction of sp³-hybridized carbons (Fsp3) is 0.500. The molecule has 1 aliphatic heterocycles. The summed E-state index contributed by atoms with van der Waals surface area (Å²) in [5, 5.41) is 12.0. The maximum atomic E-state index is 11.1. The first-order valence-electron chi connectivity index (χ1n) is 5.78. The number of nitrogens with two attached hydrogens (primary N) is 2. The van der Waals surface area contributed by atoms with Gasteiger partial charge in [-0.05, 0) is 6.42 Å². The van der Waals surface area contributed by atoms with Gasteiger partial charge in [0.05, 0.1) is 6.61 Å². The van der Waals surface area contributed by atoms with E-state index in [1.54, 1.807) is 0 Å². The van der Waals surface area contributed by atoms with Gasteiger partial charge in [0.1, 0.15) is 5.56 Å². The number of rotatable bonds is 4. The average Bonchev–Trinajstić information content (AvgIpc) is 2.41. The summed E-state index contributed by atoms with van der Waals surface area (Å²) in [6.45, 7) is 1.07. The van der Waals surface area contributed by atoms with Crippen LogP contribution >= 0.6 is 0 Å². The van der Waals surface area contributed by atoms with Crippen LogP contribution in [0, 0.1) is 0 Å². The number of hydrogen-bond donors (Lipinski definition) is 5. The minimum absolute atomic E-state index is 0.00401. The number of amides is 1. The Morgan fingerprint density at radius 2 is 2.37 bits per heavy atom. The van der Waals surface area contributed by atoms with Gasteiger partial charge in [0.15, 0.2) is 5.82 Å². The van der Waals surface area contributed by atoms with Crippen LogP contribution in [0.2, 0.25) is 0 Å². The number of nitrogens with one attached hydrogen (secondary N) is 2. The number of aromatic nitrogens is 2. The number of carbonyl (C=O) groups excluding carboxylic acids is 1. The third-order valence-electron chi connectivity index (χ3n) is 2.87. The molecule has 0 radical (unpaired) electrons. The van der Waals surface area contributed by atoms with E-state index in [1.165, 1.54) is 6.20 Å². The second-order valence-corrected chi connectivity index (χ2v) is 4.21. The summed E-state index contributed by atoms with van der Waals surface area (Å²) in [6, 6.07) is -0.196. The van der Waals surface area contributed by atoms with Gasteiger partial charge < -0.3 is 21.5 Å². The quantitative estimate of drug-likeness (QED) is 0.432. The van der Waals surface area contributed by atoms with E-state index >= 15 is 0 Å². The molecular weight excluding hydrogens is 252 g/mol. The lowest BCUT2D eigenvalue weighted by Gasteiger charge is -2.29. The highest BCUT2D eigenvalue weighted by atomic mass is 16.5. The minimum atomic E-state index is -0.731. The number of anilines is 2. The molecule has 0 aromatic carbocycles. The number of hydrogen-bond acceptors (Lipinski definition) is 8. The monoisotopic (exact) mass is 268 g/mol. The molecule has 9 heteroatoms. The molecule has 1 saturated heterocycles. The van der Waals surface area contributed by atoms with Crippen molar-refractivity contribution in [2.45, 2.75) is 18.5 Å². The Balaban J connectivity index is 2.14. The van der Waals surface area contributed by atoms with Gasteiger partial charge in [-0.2, -0.15) is 4.98 Å². The molecule has 0 aliphatic carbocycles. The van der Waals surface area contributed by atoms with Gasteiger partial charge in [-0.1, -0.05) is 0 Å². The maximum absolute atomic E-state index is 11.1. The molecule has 2 unspecified atom stereocenters. The molecule has 0 saturated carbocycles. The minimum Gasteiger partial charge on any atom is -0.380 e. The highest BCUT2D eigenvalue weighted by molar-refractivity contribution is 5.97. The van der Waals surface area contributed by atoms with Crippen molar-refractivity contribution < 1.29 is 14.7 Å². The molecule has 1 fully saturated rings. The maximum Gasteiger partial charge on any atom is 0.254 e. The van der Waals surface area contributed by atoms with Crippen LogP contribution in [0.5, 0.6) is 0 Å². The lowest BCUT2D eigenvalue weighted by molar-refractivity contribution is 0.0751. The highest BCUT2D eigenvalue weighted by Crippen LogP contribution is 2.15. The topological polar surface area (TPSA) is 148 Å². The summed E-state index contributed by atoms with van der Waals surface area (Å²) in [6.07, 6.45) is 1.96. The Labute approximate surface area is 109 Å². The van der Waals surface area contributed by atoms with Gasteiger partial charge in [-0.15, -0.1) is 0 Å². The van der Waals surface area contributed by atoms with E-state index in [4.69, 9.17) is 21.4 Å². The zero-order valence-corrected chi connectivity index (χ0v) is 10.2. The molecule has 1 aromatic rings. The zero-order chi connectivity index (χ0) is 13.8. The molecule has 2 atom stereocenters. The van der Waals surface area contributed by atoms with Crippen LogP contribution in [0.3, 0.4) is 0 Å². The van der Waals surface area contributed by atoms with E-state index in [9.17, 15) is 4.79 Å². The Morgan fingerprint density at radius 1 is 1.58 bits per heavy atom. The third kappa shape index (κ3) is 3.08. The molecule has 1 aromatic heterocycles. The lowest BCUT2D eigenvalue weighted by atomic mass is 10.1. The van der Waals surface area contributed by atoms with Crippen molar-refractivity contribution in [1.82, 2.24) is 9.97 Å². The second-order valence-electron chi connectivity index (χ2n) is 4.21. The summed E-state index contributed by atoms with van der Waals surface area (Å²) in [5.74, 6) is -0.527. The van der Waals surface area contributed by atoms with Crippen LogP contribution in [0.15, 0.2) is 6.20 Å². The van der Waals surface area contributed by atoms with Crippen LogP contribution in [0.4, 0.5) is 11.8 Å². The van der Waals surface area contributed by atoms with Crippen molar-refractivity contribution in [1.29, 1.82) is 0 Å². The third-order valence-corrected chi connectivity index (χ3v) is 2.87. The fourth-order valence-electron chi connectivity index (χ4n) is 1.82. The van der Waals surface area contributed by atoms with Crippen LogP contribution in [0.1, 0.15) is 16.8 Å². The van der Waals surface area contributed by atoms with Gasteiger partial charge in [-0.25, -0.2) is 4.98 Å². The Morgan fingerprint density at radius 3 is 3.00 bits per heavy atom. The standard InChI is InChI=1S/C10H16N6O3/c11-6-4-19-2-1-7(6)14-10-13-3-5(8(12)17)9(15-10)16-18/h3,6-7,18H,1-2,4,11H2,(H2,12,17)(H2,13,14,15,16). The van der Waals surface area contributed by atoms with E-state index in [-0.39, 0.29) is 29.4 Å². The van der Waals surface area contributed by atoms with Crippen LogP contribution in [-0.2, 0) is 4.74 Å². The molecule has 1 amide bonds. The molecule has 0 bridgehead atoms. The number of carbonyl (C=O) groups is 1. The number of primary amides is 1. The van der Waals surface area contributed by atoms with Gasteiger partial charge in [0.2, 0.25) is 5.95 Å². The zero-order valence-electron chi connectivity index (χ0n) is 10.2. The summed E-state index contributed by atoms with van der Waals surface area (Å²) >= 11 is 0. The Kier molecular flexibility index (Phi) is 4.10. The Hall–Kier alpha value is -1.97. The van der Waals surface area contributed by atoms with E-state index in [0.717, 1.165) is 6.42 Å². The van der Waals surface area contributed by atoms with E-state index in [1.807, 2.05) is 5.48 Å². The molecule has 0 spiro atoms. The van der Waals surface area contributed by atoms with E-state index in [0.29, 0.717) is 13.2 Å². The lowest BCUT2D eigenvalue weighted by Crippen LogP contribution is -2.47. The predicted molar refractivity (Wildman–Crippen MR) is 66.8 cm³/mol. The van der Waals surface area contributed by atoms with Crippen molar-refractivity contribution in [2.24, 2.45) is 11.5 Å². The molecular formula is C10H16N6O3. The molecule has 1 aliphatic rings. The highest BCUT2D eigenvalue weighted by Gasteiger charge is 2.23. The smallest absolute Gasteiger partial charge is 0.254 e. The van der Waals surface area contributed by atoms with Gasteiger partial charge in [-0.3, -0.25) is 15.5 Å². The second kappa shape index (κ2) is 5.78. The van der Waals surface area contributed by atoms with Gasteiger partial charge in [0.25, 0.3) is 5.91 Å². The number of nitrogens with zero attached hydrogens (tertiary/aromatic N) is 2. The average molecular weight is 268 g/mol. The molecule has 2 rings (SSSR count). The van der Waals surface area contributed by atoms with E-state index < -0.39 is 5.91 Å². The van der Waals surface area contributed by atoms with E-state index in [2.05, 4.69) is 15.3 Å². The largest absolute Gasteiger partial charge is 0.380 e. The first kappa shape index (κ1) is 13.5. The normalized spacial score (nSPS) is 22.8.